The van der Waals surface area contributed by atoms with Gasteiger partial charge in [0.1, 0.15) is 0 Å². The van der Waals surface area contributed by atoms with E-state index in [-0.39, 0.29) is 0 Å². The number of aryl methyl sites for hydroxylation is 3. The van der Waals surface area contributed by atoms with E-state index >= 15 is 0 Å². The predicted molar refractivity (Wildman–Crippen MR) is 92.0 cm³/mol. The molecule has 1 amide bonds. The highest BCUT2D eigenvalue weighted by Crippen LogP contribution is 2.19. The molecular weight excluding hydrogens is 272 g/mol. The maximum atomic E-state index is 12.1. The smallest absolute Gasteiger partial charge is 0.222 e. The molecule has 122 valence electrons. The van der Waals surface area contributed by atoms with Gasteiger partial charge in [-0.1, -0.05) is 31.5 Å². The number of hydrogen-bond acceptors (Lipinski definition) is 2. The summed E-state index contributed by atoms with van der Waals surface area (Å²) in [5.74, 6) is 0.765. The minimum atomic E-state index is 0.317. The summed E-state index contributed by atoms with van der Waals surface area (Å²) in [7, 11) is 0. The Hall–Kier alpha value is -1.35. The van der Waals surface area contributed by atoms with Crippen LogP contribution in [0.4, 0.5) is 0 Å². The van der Waals surface area contributed by atoms with Gasteiger partial charge in [-0.15, -0.1) is 0 Å². The standard InChI is InChI=1S/C19H30N2O/c1-14(2)10-19(22)21-8-6-20(7-9-21)13-18-16(4)11-15(3)12-17(18)5/h11-12,14H,6-10,13H2,1-5H3. The molecule has 3 nitrogen and oxygen atoms in total. The molecule has 1 aliphatic rings. The molecule has 0 unspecified atom stereocenters. The molecule has 0 aliphatic carbocycles. The fourth-order valence-corrected chi connectivity index (χ4v) is 3.32. The van der Waals surface area contributed by atoms with E-state index in [9.17, 15) is 4.79 Å². The van der Waals surface area contributed by atoms with Crippen molar-refractivity contribution >= 4 is 5.91 Å². The molecule has 0 saturated carbocycles. The molecule has 1 saturated heterocycles. The Morgan fingerprint density at radius 3 is 2.09 bits per heavy atom. The van der Waals surface area contributed by atoms with E-state index in [1.54, 1.807) is 0 Å². The van der Waals surface area contributed by atoms with Crippen LogP contribution in [-0.4, -0.2) is 41.9 Å². The van der Waals surface area contributed by atoms with Gasteiger partial charge in [0.2, 0.25) is 5.91 Å². The average Bonchev–Trinajstić information content (AvgIpc) is 2.42. The third-order valence-electron chi connectivity index (χ3n) is 4.53. The van der Waals surface area contributed by atoms with Crippen LogP contribution in [0.15, 0.2) is 12.1 Å². The monoisotopic (exact) mass is 302 g/mol. The molecule has 1 fully saturated rings. The third-order valence-corrected chi connectivity index (χ3v) is 4.53. The molecule has 1 heterocycles. The molecule has 0 atom stereocenters. The molecule has 0 radical (unpaired) electrons. The second-order valence-corrected chi connectivity index (χ2v) is 7.13. The molecule has 2 rings (SSSR count). The van der Waals surface area contributed by atoms with E-state index < -0.39 is 0 Å². The van der Waals surface area contributed by atoms with Gasteiger partial charge in [0, 0.05) is 39.1 Å². The van der Waals surface area contributed by atoms with Crippen molar-refractivity contribution in [3.63, 3.8) is 0 Å². The minimum Gasteiger partial charge on any atom is -0.340 e. The Labute approximate surface area is 135 Å². The van der Waals surface area contributed by atoms with Gasteiger partial charge < -0.3 is 4.90 Å². The molecule has 0 N–H and O–H groups in total. The maximum Gasteiger partial charge on any atom is 0.222 e. The highest BCUT2D eigenvalue weighted by atomic mass is 16.2. The van der Waals surface area contributed by atoms with Gasteiger partial charge in [-0.3, -0.25) is 9.69 Å². The van der Waals surface area contributed by atoms with Gasteiger partial charge >= 0.3 is 0 Å². The summed E-state index contributed by atoms with van der Waals surface area (Å²) in [6.07, 6.45) is 0.677. The second-order valence-electron chi connectivity index (χ2n) is 7.13. The minimum absolute atomic E-state index is 0.317. The van der Waals surface area contributed by atoms with Crippen molar-refractivity contribution in [3.05, 3.63) is 34.4 Å². The van der Waals surface area contributed by atoms with E-state index in [1.165, 1.54) is 22.3 Å². The number of amides is 1. The van der Waals surface area contributed by atoms with Crippen molar-refractivity contribution in [3.8, 4) is 0 Å². The van der Waals surface area contributed by atoms with E-state index in [0.29, 0.717) is 18.2 Å². The lowest BCUT2D eigenvalue weighted by Crippen LogP contribution is -2.48. The second kappa shape index (κ2) is 7.28. The molecule has 1 aromatic rings. The first-order valence-electron chi connectivity index (χ1n) is 8.43. The normalized spacial score (nSPS) is 16.4. The lowest BCUT2D eigenvalue weighted by atomic mass is 9.99. The summed E-state index contributed by atoms with van der Waals surface area (Å²) < 4.78 is 0. The fraction of sp³-hybridized carbons (Fsp3) is 0.632. The summed E-state index contributed by atoms with van der Waals surface area (Å²) in [6.45, 7) is 15.5. The fourth-order valence-electron chi connectivity index (χ4n) is 3.32. The first-order chi connectivity index (χ1) is 10.4. The number of benzene rings is 1. The van der Waals surface area contributed by atoms with Gasteiger partial charge in [0.15, 0.2) is 0 Å². The SMILES string of the molecule is Cc1cc(C)c(CN2CCN(C(=O)CC(C)C)CC2)c(C)c1. The first kappa shape index (κ1) is 17.0. The van der Waals surface area contributed by atoms with Gasteiger partial charge in [-0.2, -0.15) is 0 Å². The largest absolute Gasteiger partial charge is 0.340 e. The zero-order valence-corrected chi connectivity index (χ0v) is 14.8. The quantitative estimate of drug-likeness (QED) is 0.852. The summed E-state index contributed by atoms with van der Waals surface area (Å²) in [5.41, 5.74) is 5.56. The van der Waals surface area contributed by atoms with E-state index in [1.807, 2.05) is 4.90 Å². The average molecular weight is 302 g/mol. The van der Waals surface area contributed by atoms with E-state index in [2.05, 4.69) is 51.7 Å². The van der Waals surface area contributed by atoms with Crippen LogP contribution in [0.25, 0.3) is 0 Å². The van der Waals surface area contributed by atoms with Gasteiger partial charge in [-0.25, -0.2) is 0 Å². The van der Waals surface area contributed by atoms with Crippen molar-refractivity contribution in [2.45, 2.75) is 47.6 Å². The lowest BCUT2D eigenvalue weighted by molar-refractivity contribution is -0.133. The first-order valence-corrected chi connectivity index (χ1v) is 8.43. The molecule has 0 aromatic heterocycles. The Morgan fingerprint density at radius 2 is 1.59 bits per heavy atom. The summed E-state index contributed by atoms with van der Waals surface area (Å²) >= 11 is 0. The zero-order valence-electron chi connectivity index (χ0n) is 14.8. The lowest BCUT2D eigenvalue weighted by Gasteiger charge is -2.35. The summed E-state index contributed by atoms with van der Waals surface area (Å²) in [6, 6.07) is 4.54. The molecule has 3 heteroatoms. The van der Waals surface area contributed by atoms with Crippen LogP contribution in [0, 0.1) is 26.7 Å². The van der Waals surface area contributed by atoms with Crippen LogP contribution in [0.2, 0.25) is 0 Å². The van der Waals surface area contributed by atoms with Gasteiger partial charge in [-0.05, 0) is 43.4 Å². The van der Waals surface area contributed by atoms with Crippen LogP contribution in [0.5, 0.6) is 0 Å². The van der Waals surface area contributed by atoms with E-state index in [0.717, 1.165) is 32.7 Å². The highest BCUT2D eigenvalue weighted by molar-refractivity contribution is 5.76. The Kier molecular flexibility index (Phi) is 5.63. The molecule has 1 aromatic carbocycles. The third kappa shape index (κ3) is 4.33. The highest BCUT2D eigenvalue weighted by Gasteiger charge is 2.22. The number of nitrogens with zero attached hydrogens (tertiary/aromatic N) is 2. The van der Waals surface area contributed by atoms with Crippen LogP contribution in [-0.2, 0) is 11.3 Å². The van der Waals surface area contributed by atoms with Crippen molar-refractivity contribution in [2.75, 3.05) is 26.2 Å². The maximum absolute atomic E-state index is 12.1. The van der Waals surface area contributed by atoms with Crippen molar-refractivity contribution in [1.82, 2.24) is 9.80 Å². The summed E-state index contributed by atoms with van der Waals surface area (Å²) in [4.78, 5) is 16.6. The number of piperazine rings is 1. The Balaban J connectivity index is 1.92. The van der Waals surface area contributed by atoms with Crippen molar-refractivity contribution < 1.29 is 4.79 Å². The molecule has 1 aliphatic heterocycles. The van der Waals surface area contributed by atoms with Crippen molar-refractivity contribution in [2.24, 2.45) is 5.92 Å². The van der Waals surface area contributed by atoms with Crippen LogP contribution in [0.3, 0.4) is 0 Å². The van der Waals surface area contributed by atoms with Crippen LogP contribution in [0.1, 0.15) is 42.5 Å². The molecule has 22 heavy (non-hydrogen) atoms. The molecular formula is C19H30N2O. The van der Waals surface area contributed by atoms with E-state index in [4.69, 9.17) is 0 Å². The van der Waals surface area contributed by atoms with Gasteiger partial charge in [0.25, 0.3) is 0 Å². The van der Waals surface area contributed by atoms with Gasteiger partial charge in [0.05, 0.1) is 0 Å². The predicted octanol–water partition coefficient (Wildman–Crippen LogP) is 3.30. The Bertz CT molecular complexity index is 505. The summed E-state index contributed by atoms with van der Waals surface area (Å²) in [5, 5.41) is 0. The Morgan fingerprint density at radius 1 is 1.05 bits per heavy atom. The zero-order chi connectivity index (χ0) is 16.3. The molecule has 0 bridgehead atoms. The van der Waals surface area contributed by atoms with Crippen LogP contribution < -0.4 is 0 Å². The number of carbonyl (C=O) groups excluding carboxylic acids is 1. The molecule has 0 spiro atoms. The number of hydrogen-bond donors (Lipinski definition) is 0. The van der Waals surface area contributed by atoms with Crippen LogP contribution >= 0.6 is 0 Å². The number of rotatable bonds is 4. The van der Waals surface area contributed by atoms with Crippen molar-refractivity contribution in [1.29, 1.82) is 0 Å². The topological polar surface area (TPSA) is 23.6 Å². The number of carbonyl (C=O) groups is 1.